The van der Waals surface area contributed by atoms with Crippen molar-refractivity contribution in [3.8, 4) is 11.8 Å². The molecule has 1 amide bonds. The van der Waals surface area contributed by atoms with Gasteiger partial charge >= 0.3 is 0 Å². The summed E-state index contributed by atoms with van der Waals surface area (Å²) in [5.74, 6) is 5.87. The zero-order chi connectivity index (χ0) is 12.0. The molecule has 0 atom stereocenters. The first-order valence-electron chi connectivity index (χ1n) is 5.13. The van der Waals surface area contributed by atoms with Gasteiger partial charge in [0.15, 0.2) is 0 Å². The Hall–Kier alpha value is -1.79. The van der Waals surface area contributed by atoms with Gasteiger partial charge in [0.1, 0.15) is 0 Å². The molecule has 0 aromatic heterocycles. The van der Waals surface area contributed by atoms with Crippen LogP contribution in [0.3, 0.4) is 0 Å². The van der Waals surface area contributed by atoms with Gasteiger partial charge in [0.05, 0.1) is 6.54 Å². The fourth-order valence-electron chi connectivity index (χ4n) is 1.29. The lowest BCUT2D eigenvalue weighted by Crippen LogP contribution is -2.23. The first-order valence-corrected chi connectivity index (χ1v) is 5.13. The second-order valence-corrected chi connectivity index (χ2v) is 3.54. The molecule has 1 rings (SSSR count). The normalized spacial score (nSPS) is 9.19. The zero-order valence-electron chi connectivity index (χ0n) is 9.66. The number of nitrogens with zero attached hydrogens (tertiary/aromatic N) is 1. The SMILES string of the molecule is CC(=O)N(C)Cc1ccccc1C#CCN. The summed E-state index contributed by atoms with van der Waals surface area (Å²) in [4.78, 5) is 12.8. The van der Waals surface area contributed by atoms with Crippen LogP contribution in [-0.2, 0) is 11.3 Å². The van der Waals surface area contributed by atoms with Gasteiger partial charge in [-0.25, -0.2) is 0 Å². The maximum absolute atomic E-state index is 11.1. The summed E-state index contributed by atoms with van der Waals surface area (Å²) in [5.41, 5.74) is 7.31. The van der Waals surface area contributed by atoms with Crippen LogP contribution in [0.1, 0.15) is 18.1 Å². The Balaban J connectivity index is 2.91. The van der Waals surface area contributed by atoms with E-state index in [4.69, 9.17) is 5.73 Å². The highest BCUT2D eigenvalue weighted by Crippen LogP contribution is 2.09. The molecule has 0 spiro atoms. The quantitative estimate of drug-likeness (QED) is 0.749. The molecular formula is C13H16N2O. The number of carbonyl (C=O) groups is 1. The van der Waals surface area contributed by atoms with Crippen molar-refractivity contribution in [1.82, 2.24) is 4.90 Å². The topological polar surface area (TPSA) is 46.3 Å². The number of carbonyl (C=O) groups excluding carboxylic acids is 1. The van der Waals surface area contributed by atoms with Crippen LogP contribution >= 0.6 is 0 Å². The molecule has 0 aliphatic rings. The summed E-state index contributed by atoms with van der Waals surface area (Å²) >= 11 is 0. The smallest absolute Gasteiger partial charge is 0.219 e. The minimum absolute atomic E-state index is 0.0431. The monoisotopic (exact) mass is 216 g/mol. The molecule has 0 fully saturated rings. The van der Waals surface area contributed by atoms with Crippen LogP contribution in [0.15, 0.2) is 24.3 Å². The number of benzene rings is 1. The van der Waals surface area contributed by atoms with Crippen LogP contribution < -0.4 is 5.73 Å². The van der Waals surface area contributed by atoms with Gasteiger partial charge in [-0.05, 0) is 11.6 Å². The number of hydrogen-bond acceptors (Lipinski definition) is 2. The van der Waals surface area contributed by atoms with Crippen LogP contribution in [-0.4, -0.2) is 24.4 Å². The molecule has 3 nitrogen and oxygen atoms in total. The fraction of sp³-hybridized carbons (Fsp3) is 0.308. The van der Waals surface area contributed by atoms with Crippen LogP contribution in [0.4, 0.5) is 0 Å². The standard InChI is InChI=1S/C13H16N2O/c1-11(16)15(2)10-13-7-4-3-6-12(13)8-5-9-14/h3-4,6-7H,9-10,14H2,1-2H3. The lowest BCUT2D eigenvalue weighted by molar-refractivity contribution is -0.128. The summed E-state index contributed by atoms with van der Waals surface area (Å²) in [6, 6.07) is 7.78. The Morgan fingerprint density at radius 3 is 2.75 bits per heavy atom. The van der Waals surface area contributed by atoms with Gasteiger partial charge in [-0.2, -0.15) is 0 Å². The molecule has 2 N–H and O–H groups in total. The van der Waals surface area contributed by atoms with Crippen molar-refractivity contribution in [2.24, 2.45) is 5.73 Å². The van der Waals surface area contributed by atoms with Gasteiger partial charge in [-0.3, -0.25) is 4.79 Å². The highest BCUT2D eigenvalue weighted by atomic mass is 16.2. The number of amides is 1. The van der Waals surface area contributed by atoms with E-state index in [2.05, 4.69) is 11.8 Å². The van der Waals surface area contributed by atoms with Crippen LogP contribution in [0, 0.1) is 11.8 Å². The van der Waals surface area contributed by atoms with Crippen LogP contribution in [0.25, 0.3) is 0 Å². The Morgan fingerprint density at radius 1 is 1.44 bits per heavy atom. The minimum atomic E-state index is 0.0431. The van der Waals surface area contributed by atoms with Crippen molar-refractivity contribution < 1.29 is 4.79 Å². The molecule has 0 saturated heterocycles. The highest BCUT2D eigenvalue weighted by Gasteiger charge is 2.05. The number of nitrogens with two attached hydrogens (primary N) is 1. The van der Waals surface area contributed by atoms with Crippen molar-refractivity contribution in [3.05, 3.63) is 35.4 Å². The second kappa shape index (κ2) is 5.94. The third kappa shape index (κ3) is 3.41. The third-order valence-corrected chi connectivity index (χ3v) is 2.29. The highest BCUT2D eigenvalue weighted by molar-refractivity contribution is 5.72. The maximum atomic E-state index is 11.1. The van der Waals surface area contributed by atoms with E-state index in [0.29, 0.717) is 13.1 Å². The average molecular weight is 216 g/mol. The maximum Gasteiger partial charge on any atom is 0.219 e. The first-order chi connectivity index (χ1) is 7.65. The predicted molar refractivity (Wildman–Crippen MR) is 64.5 cm³/mol. The van der Waals surface area contributed by atoms with Crippen LogP contribution in [0.5, 0.6) is 0 Å². The van der Waals surface area contributed by atoms with Gasteiger partial charge < -0.3 is 10.6 Å². The van der Waals surface area contributed by atoms with Crippen LogP contribution in [0.2, 0.25) is 0 Å². The van der Waals surface area contributed by atoms with E-state index >= 15 is 0 Å². The van der Waals surface area contributed by atoms with Gasteiger partial charge in [0, 0.05) is 26.1 Å². The third-order valence-electron chi connectivity index (χ3n) is 2.29. The predicted octanol–water partition coefficient (Wildman–Crippen LogP) is 0.975. The Kier molecular flexibility index (Phi) is 4.56. The van der Waals surface area contributed by atoms with Crippen molar-refractivity contribution in [2.45, 2.75) is 13.5 Å². The molecule has 0 aliphatic carbocycles. The molecule has 0 unspecified atom stereocenters. The molecule has 0 saturated carbocycles. The summed E-state index contributed by atoms with van der Waals surface area (Å²) in [5, 5.41) is 0. The molecule has 1 aromatic carbocycles. The molecule has 16 heavy (non-hydrogen) atoms. The Morgan fingerprint density at radius 2 is 2.12 bits per heavy atom. The van der Waals surface area contributed by atoms with E-state index in [0.717, 1.165) is 11.1 Å². The number of hydrogen-bond donors (Lipinski definition) is 1. The summed E-state index contributed by atoms with van der Waals surface area (Å²) in [6.07, 6.45) is 0. The average Bonchev–Trinajstić information content (AvgIpc) is 2.27. The molecular weight excluding hydrogens is 200 g/mol. The largest absolute Gasteiger partial charge is 0.342 e. The van der Waals surface area contributed by atoms with E-state index in [1.165, 1.54) is 0 Å². The second-order valence-electron chi connectivity index (χ2n) is 3.54. The molecule has 0 heterocycles. The molecule has 0 aliphatic heterocycles. The molecule has 0 bridgehead atoms. The number of rotatable bonds is 2. The molecule has 1 aromatic rings. The fourth-order valence-corrected chi connectivity index (χ4v) is 1.29. The zero-order valence-corrected chi connectivity index (χ0v) is 9.66. The summed E-state index contributed by atoms with van der Waals surface area (Å²) < 4.78 is 0. The van der Waals surface area contributed by atoms with Gasteiger partial charge in [-0.15, -0.1) is 0 Å². The van der Waals surface area contributed by atoms with E-state index in [9.17, 15) is 4.79 Å². The van der Waals surface area contributed by atoms with Crippen molar-refractivity contribution >= 4 is 5.91 Å². The minimum Gasteiger partial charge on any atom is -0.342 e. The van der Waals surface area contributed by atoms with Gasteiger partial charge in [0.2, 0.25) is 5.91 Å². The molecule has 84 valence electrons. The summed E-state index contributed by atoms with van der Waals surface area (Å²) in [7, 11) is 1.77. The van der Waals surface area contributed by atoms with Gasteiger partial charge in [0.25, 0.3) is 0 Å². The van der Waals surface area contributed by atoms with Gasteiger partial charge in [-0.1, -0.05) is 30.0 Å². The first kappa shape index (κ1) is 12.3. The van der Waals surface area contributed by atoms with Crippen molar-refractivity contribution in [3.63, 3.8) is 0 Å². The molecule has 3 heteroatoms. The van der Waals surface area contributed by atoms with E-state index in [1.807, 2.05) is 24.3 Å². The van der Waals surface area contributed by atoms with Crippen molar-refractivity contribution in [1.29, 1.82) is 0 Å². The van der Waals surface area contributed by atoms with E-state index in [-0.39, 0.29) is 5.91 Å². The Labute approximate surface area is 96.2 Å². The van der Waals surface area contributed by atoms with E-state index < -0.39 is 0 Å². The molecule has 0 radical (unpaired) electrons. The lowest BCUT2D eigenvalue weighted by Gasteiger charge is -2.15. The van der Waals surface area contributed by atoms with Crippen molar-refractivity contribution in [2.75, 3.05) is 13.6 Å². The van der Waals surface area contributed by atoms with E-state index in [1.54, 1.807) is 18.9 Å². The summed E-state index contributed by atoms with van der Waals surface area (Å²) in [6.45, 7) is 2.47. The lowest BCUT2D eigenvalue weighted by atomic mass is 10.1. The Bertz CT molecular complexity index is 429.